The lowest BCUT2D eigenvalue weighted by Gasteiger charge is -2.30. The van der Waals surface area contributed by atoms with E-state index in [2.05, 4.69) is 28.9 Å². The predicted molar refractivity (Wildman–Crippen MR) is 86.0 cm³/mol. The number of β-amino-alcohol motifs (C(OH)–C–C–N with tert-alkyl or cyclic N) is 1. The Morgan fingerprint density at radius 1 is 1.36 bits per heavy atom. The van der Waals surface area contributed by atoms with Gasteiger partial charge in [-0.05, 0) is 55.6 Å². The Morgan fingerprint density at radius 3 is 3.00 bits per heavy atom. The van der Waals surface area contributed by atoms with Crippen LogP contribution in [0.5, 0.6) is 11.5 Å². The van der Waals surface area contributed by atoms with Crippen molar-refractivity contribution >= 4 is 0 Å². The van der Waals surface area contributed by atoms with Crippen LogP contribution in [0.25, 0.3) is 0 Å². The van der Waals surface area contributed by atoms with E-state index >= 15 is 0 Å². The minimum atomic E-state index is -0.178. The number of aliphatic hydroxyl groups is 1. The number of pyridine rings is 1. The first-order chi connectivity index (χ1) is 10.7. The fourth-order valence-corrected chi connectivity index (χ4v) is 2.89. The summed E-state index contributed by atoms with van der Waals surface area (Å²) in [5.41, 5.74) is 2.36. The molecule has 4 heteroatoms. The summed E-state index contributed by atoms with van der Waals surface area (Å²) in [5, 5.41) is 9.75. The molecule has 4 nitrogen and oxygen atoms in total. The number of likely N-dealkylation sites (tertiary alicyclic amines) is 1. The third-order valence-corrected chi connectivity index (χ3v) is 3.99. The van der Waals surface area contributed by atoms with Crippen molar-refractivity contribution in [3.8, 4) is 11.5 Å². The fraction of sp³-hybridized carbons (Fsp3) is 0.389. The predicted octanol–water partition coefficient (Wildman–Crippen LogP) is 3.14. The van der Waals surface area contributed by atoms with Gasteiger partial charge in [0.1, 0.15) is 11.5 Å². The molecule has 1 aliphatic rings. The fourth-order valence-electron chi connectivity index (χ4n) is 2.89. The van der Waals surface area contributed by atoms with Gasteiger partial charge in [-0.2, -0.15) is 0 Å². The molecule has 3 rings (SSSR count). The molecule has 1 aromatic heterocycles. The van der Waals surface area contributed by atoms with Gasteiger partial charge in [-0.25, -0.2) is 0 Å². The average Bonchev–Trinajstić information content (AvgIpc) is 2.51. The van der Waals surface area contributed by atoms with Crippen molar-refractivity contribution in [2.24, 2.45) is 0 Å². The van der Waals surface area contributed by atoms with Crippen molar-refractivity contribution < 1.29 is 9.84 Å². The van der Waals surface area contributed by atoms with Gasteiger partial charge in [-0.3, -0.25) is 9.88 Å². The molecule has 1 fully saturated rings. The molecule has 2 aromatic rings. The molecule has 2 heterocycles. The van der Waals surface area contributed by atoms with Crippen molar-refractivity contribution in [2.45, 2.75) is 32.4 Å². The minimum absolute atomic E-state index is 0.178. The van der Waals surface area contributed by atoms with Crippen LogP contribution in [0.4, 0.5) is 0 Å². The monoisotopic (exact) mass is 298 g/mol. The van der Waals surface area contributed by atoms with Crippen molar-refractivity contribution in [1.29, 1.82) is 0 Å². The summed E-state index contributed by atoms with van der Waals surface area (Å²) in [6, 6.07) is 10.0. The highest BCUT2D eigenvalue weighted by molar-refractivity contribution is 5.39. The van der Waals surface area contributed by atoms with Crippen LogP contribution in [-0.2, 0) is 6.54 Å². The molecular weight excluding hydrogens is 276 g/mol. The van der Waals surface area contributed by atoms with Crippen LogP contribution in [0, 0.1) is 6.92 Å². The van der Waals surface area contributed by atoms with Gasteiger partial charge < -0.3 is 9.84 Å². The molecule has 0 bridgehead atoms. The second-order valence-electron chi connectivity index (χ2n) is 5.92. The third-order valence-electron chi connectivity index (χ3n) is 3.99. The summed E-state index contributed by atoms with van der Waals surface area (Å²) in [6.45, 7) is 4.77. The maximum atomic E-state index is 9.75. The van der Waals surface area contributed by atoms with E-state index in [-0.39, 0.29) is 6.10 Å². The van der Waals surface area contributed by atoms with Crippen LogP contribution >= 0.6 is 0 Å². The minimum Gasteiger partial charge on any atom is -0.455 e. The van der Waals surface area contributed by atoms with Gasteiger partial charge in [-0.1, -0.05) is 12.1 Å². The van der Waals surface area contributed by atoms with Gasteiger partial charge in [0.05, 0.1) is 12.3 Å². The SMILES string of the molecule is Cc1cc(CN2CCCC(O)C2)ccc1Oc1cccnc1. The van der Waals surface area contributed by atoms with Gasteiger partial charge >= 0.3 is 0 Å². The van der Waals surface area contributed by atoms with Gasteiger partial charge in [0.25, 0.3) is 0 Å². The van der Waals surface area contributed by atoms with E-state index in [1.165, 1.54) is 5.56 Å². The van der Waals surface area contributed by atoms with Crippen molar-refractivity contribution in [1.82, 2.24) is 9.88 Å². The van der Waals surface area contributed by atoms with Crippen LogP contribution in [-0.4, -0.2) is 34.2 Å². The Kier molecular flexibility index (Phi) is 4.71. The van der Waals surface area contributed by atoms with Gasteiger partial charge in [0.15, 0.2) is 0 Å². The number of nitrogens with zero attached hydrogens (tertiary/aromatic N) is 2. The largest absolute Gasteiger partial charge is 0.455 e. The second-order valence-corrected chi connectivity index (χ2v) is 5.92. The molecular formula is C18H22N2O2. The quantitative estimate of drug-likeness (QED) is 0.942. The standard InChI is InChI=1S/C18H22N2O2/c1-14-10-15(12-20-9-3-4-16(21)13-20)6-7-18(14)22-17-5-2-8-19-11-17/h2,5-8,10-11,16,21H,3-4,9,12-13H2,1H3. The first-order valence-electron chi connectivity index (χ1n) is 7.78. The maximum Gasteiger partial charge on any atom is 0.145 e. The third kappa shape index (κ3) is 3.84. The molecule has 22 heavy (non-hydrogen) atoms. The molecule has 0 saturated carbocycles. The zero-order chi connectivity index (χ0) is 15.4. The number of ether oxygens (including phenoxy) is 1. The van der Waals surface area contributed by atoms with E-state index in [9.17, 15) is 5.11 Å². The number of aliphatic hydroxyl groups excluding tert-OH is 1. The highest BCUT2D eigenvalue weighted by Crippen LogP contribution is 2.26. The van der Waals surface area contributed by atoms with Crippen LogP contribution in [0.3, 0.4) is 0 Å². The average molecular weight is 298 g/mol. The number of rotatable bonds is 4. The van der Waals surface area contributed by atoms with E-state index in [1.54, 1.807) is 12.4 Å². The lowest BCUT2D eigenvalue weighted by Crippen LogP contribution is -2.37. The number of hydrogen-bond acceptors (Lipinski definition) is 4. The van der Waals surface area contributed by atoms with Crippen molar-refractivity contribution in [3.05, 3.63) is 53.9 Å². The van der Waals surface area contributed by atoms with Crippen LogP contribution in [0.2, 0.25) is 0 Å². The van der Waals surface area contributed by atoms with Gasteiger partial charge in [0, 0.05) is 19.3 Å². The molecule has 0 amide bonds. The molecule has 0 spiro atoms. The van der Waals surface area contributed by atoms with Crippen molar-refractivity contribution in [3.63, 3.8) is 0 Å². The Balaban J connectivity index is 1.66. The topological polar surface area (TPSA) is 45.6 Å². The van der Waals surface area contributed by atoms with Crippen LogP contribution in [0.1, 0.15) is 24.0 Å². The van der Waals surface area contributed by atoms with Crippen LogP contribution in [0.15, 0.2) is 42.7 Å². The molecule has 1 atom stereocenters. The molecule has 1 aromatic carbocycles. The Bertz CT molecular complexity index is 616. The summed E-state index contributed by atoms with van der Waals surface area (Å²) in [6.07, 6.45) is 5.26. The zero-order valence-electron chi connectivity index (χ0n) is 12.9. The second kappa shape index (κ2) is 6.90. The summed E-state index contributed by atoms with van der Waals surface area (Å²) in [7, 11) is 0. The maximum absolute atomic E-state index is 9.75. The lowest BCUT2D eigenvalue weighted by molar-refractivity contribution is 0.0668. The number of aromatic nitrogens is 1. The van der Waals surface area contributed by atoms with E-state index in [0.29, 0.717) is 0 Å². The Labute approximate surface area is 131 Å². The lowest BCUT2D eigenvalue weighted by atomic mass is 10.1. The first kappa shape index (κ1) is 15.0. The summed E-state index contributed by atoms with van der Waals surface area (Å²) < 4.78 is 5.86. The Hall–Kier alpha value is -1.91. The number of hydrogen-bond donors (Lipinski definition) is 1. The zero-order valence-corrected chi connectivity index (χ0v) is 12.9. The number of benzene rings is 1. The van der Waals surface area contributed by atoms with Crippen LogP contribution < -0.4 is 4.74 Å². The molecule has 1 aliphatic heterocycles. The smallest absolute Gasteiger partial charge is 0.145 e. The normalized spacial score (nSPS) is 19.1. The molecule has 1 saturated heterocycles. The highest BCUT2D eigenvalue weighted by Gasteiger charge is 2.17. The number of aryl methyl sites for hydroxylation is 1. The van der Waals surface area contributed by atoms with Gasteiger partial charge in [0.2, 0.25) is 0 Å². The van der Waals surface area contributed by atoms with E-state index in [0.717, 1.165) is 49.5 Å². The molecule has 0 aliphatic carbocycles. The number of piperidine rings is 1. The van der Waals surface area contributed by atoms with E-state index < -0.39 is 0 Å². The van der Waals surface area contributed by atoms with Gasteiger partial charge in [-0.15, -0.1) is 0 Å². The molecule has 116 valence electrons. The van der Waals surface area contributed by atoms with Crippen molar-refractivity contribution in [2.75, 3.05) is 13.1 Å². The molecule has 0 radical (unpaired) electrons. The molecule has 1 unspecified atom stereocenters. The Morgan fingerprint density at radius 2 is 2.27 bits per heavy atom. The highest BCUT2D eigenvalue weighted by atomic mass is 16.5. The summed E-state index contributed by atoms with van der Waals surface area (Å²) in [4.78, 5) is 6.37. The summed E-state index contributed by atoms with van der Waals surface area (Å²) >= 11 is 0. The molecule has 1 N–H and O–H groups in total. The van der Waals surface area contributed by atoms with E-state index in [4.69, 9.17) is 4.74 Å². The van der Waals surface area contributed by atoms with E-state index in [1.807, 2.05) is 18.2 Å². The first-order valence-corrected chi connectivity index (χ1v) is 7.78. The summed E-state index contributed by atoms with van der Waals surface area (Å²) in [5.74, 6) is 1.60.